The Labute approximate surface area is 510 Å². The Balaban J connectivity index is 4.17. The number of carbonyl (C=O) groups excluding carboxylic acids is 3. The summed E-state index contributed by atoms with van der Waals surface area (Å²) < 4.78 is 17.0. The van der Waals surface area contributed by atoms with E-state index in [-0.39, 0.29) is 31.1 Å². The predicted molar refractivity (Wildman–Crippen MR) is 358 cm³/mol. The van der Waals surface area contributed by atoms with Crippen LogP contribution in [-0.2, 0) is 28.6 Å². The molecule has 0 radical (unpaired) electrons. The van der Waals surface area contributed by atoms with Gasteiger partial charge in [0.2, 0.25) is 0 Å². The van der Waals surface area contributed by atoms with Crippen molar-refractivity contribution in [1.29, 1.82) is 0 Å². The second-order valence-electron chi connectivity index (χ2n) is 24.1. The maximum absolute atomic E-state index is 12.9. The van der Waals surface area contributed by atoms with Gasteiger partial charge in [-0.2, -0.15) is 0 Å². The Morgan fingerprint density at radius 2 is 0.439 bits per heavy atom. The van der Waals surface area contributed by atoms with Crippen LogP contribution in [0.25, 0.3) is 0 Å². The first-order valence-electron chi connectivity index (χ1n) is 35.9. The van der Waals surface area contributed by atoms with Crippen molar-refractivity contribution in [3.05, 3.63) is 72.9 Å². The molecule has 6 nitrogen and oxygen atoms in total. The topological polar surface area (TPSA) is 78.9 Å². The zero-order valence-corrected chi connectivity index (χ0v) is 54.8. The molecule has 0 amide bonds. The summed E-state index contributed by atoms with van der Waals surface area (Å²) in [4.78, 5) is 38.4. The lowest BCUT2D eigenvalue weighted by Gasteiger charge is -2.18. The van der Waals surface area contributed by atoms with Gasteiger partial charge in [0.1, 0.15) is 13.2 Å². The van der Waals surface area contributed by atoms with Crippen molar-refractivity contribution in [2.24, 2.45) is 0 Å². The fraction of sp³-hybridized carbons (Fsp3) is 0.803. The molecule has 0 rings (SSSR count). The quantitative estimate of drug-likeness (QED) is 0.0261. The number of allylic oxidation sites excluding steroid dienone is 12. The Morgan fingerprint density at radius 1 is 0.244 bits per heavy atom. The average molecular weight is 1150 g/mol. The lowest BCUT2D eigenvalue weighted by molar-refractivity contribution is -0.167. The maximum Gasteiger partial charge on any atom is 0.306 e. The lowest BCUT2D eigenvalue weighted by Crippen LogP contribution is -2.30. The van der Waals surface area contributed by atoms with Gasteiger partial charge < -0.3 is 14.2 Å². The van der Waals surface area contributed by atoms with E-state index < -0.39 is 6.10 Å². The summed E-state index contributed by atoms with van der Waals surface area (Å²) in [6.45, 7) is 6.63. The van der Waals surface area contributed by atoms with Crippen LogP contribution in [0, 0.1) is 0 Å². The minimum atomic E-state index is -0.783. The summed E-state index contributed by atoms with van der Waals surface area (Å²) in [5, 5.41) is 0. The van der Waals surface area contributed by atoms with Crippen molar-refractivity contribution >= 4 is 17.9 Å². The molecule has 0 spiro atoms. The van der Waals surface area contributed by atoms with Crippen LogP contribution in [0.4, 0.5) is 0 Å². The van der Waals surface area contributed by atoms with Gasteiger partial charge in [0.25, 0.3) is 0 Å². The summed E-state index contributed by atoms with van der Waals surface area (Å²) in [6, 6.07) is 0. The molecular weight excluding hydrogens is 1010 g/mol. The minimum absolute atomic E-state index is 0.0778. The van der Waals surface area contributed by atoms with E-state index in [0.29, 0.717) is 19.3 Å². The maximum atomic E-state index is 12.9. The van der Waals surface area contributed by atoms with Gasteiger partial charge in [0.05, 0.1) is 0 Å². The van der Waals surface area contributed by atoms with Crippen molar-refractivity contribution in [1.82, 2.24) is 0 Å². The summed E-state index contributed by atoms with van der Waals surface area (Å²) in [5.74, 6) is -0.875. The van der Waals surface area contributed by atoms with Crippen molar-refractivity contribution < 1.29 is 28.6 Å². The molecule has 0 aliphatic rings. The van der Waals surface area contributed by atoms with E-state index in [2.05, 4.69) is 93.7 Å². The molecule has 0 aliphatic heterocycles. The van der Waals surface area contributed by atoms with Crippen LogP contribution in [0.5, 0.6) is 0 Å². The highest BCUT2D eigenvalue weighted by Gasteiger charge is 2.19. The van der Waals surface area contributed by atoms with Gasteiger partial charge in [0, 0.05) is 19.3 Å². The molecular formula is C76H136O6. The number of esters is 3. The van der Waals surface area contributed by atoms with Crippen molar-refractivity contribution in [3.63, 3.8) is 0 Å². The van der Waals surface area contributed by atoms with Gasteiger partial charge in [-0.3, -0.25) is 14.4 Å². The summed E-state index contributed by atoms with van der Waals surface area (Å²) in [5.41, 5.74) is 0. The van der Waals surface area contributed by atoms with Crippen LogP contribution in [0.3, 0.4) is 0 Å². The summed E-state index contributed by atoms with van der Waals surface area (Å²) in [6.07, 6.45) is 92.2. The fourth-order valence-corrected chi connectivity index (χ4v) is 10.5. The smallest absolute Gasteiger partial charge is 0.306 e. The molecule has 0 N–H and O–H groups in total. The molecule has 0 heterocycles. The molecule has 0 bridgehead atoms. The van der Waals surface area contributed by atoms with E-state index in [1.54, 1.807) is 0 Å². The van der Waals surface area contributed by atoms with Crippen molar-refractivity contribution in [2.45, 2.75) is 380 Å². The SMILES string of the molecule is CCCCCC/C=C\C/C=C\CCCCCCCCCC(=O)OC(COC(=O)CCCCCCC/C=C\CCCCCC)COC(=O)CCCCCCCCCCCCCCCCCCCC/C=C\C/C=C\C/C=C\CCCCCCC. The predicted octanol–water partition coefficient (Wildman–Crippen LogP) is 24.8. The zero-order chi connectivity index (χ0) is 59.2. The third-order valence-electron chi connectivity index (χ3n) is 15.9. The number of carbonyl (C=O) groups is 3. The Bertz CT molecular complexity index is 1500. The molecule has 0 saturated carbocycles. The molecule has 0 aromatic heterocycles. The monoisotopic (exact) mass is 1150 g/mol. The first kappa shape index (κ1) is 78.8. The number of hydrogen-bond acceptors (Lipinski definition) is 6. The van der Waals surface area contributed by atoms with Gasteiger partial charge in [0.15, 0.2) is 6.10 Å². The van der Waals surface area contributed by atoms with Gasteiger partial charge in [-0.15, -0.1) is 0 Å². The summed E-state index contributed by atoms with van der Waals surface area (Å²) >= 11 is 0. The van der Waals surface area contributed by atoms with Gasteiger partial charge in [-0.05, 0) is 116 Å². The molecule has 0 aromatic carbocycles. The molecule has 0 aromatic rings. The highest BCUT2D eigenvalue weighted by atomic mass is 16.6. The molecule has 0 fully saturated rings. The normalized spacial score (nSPS) is 12.5. The Hall–Kier alpha value is -3.15. The van der Waals surface area contributed by atoms with E-state index in [1.807, 2.05) is 0 Å². The average Bonchev–Trinajstić information content (AvgIpc) is 3.47. The van der Waals surface area contributed by atoms with E-state index in [0.717, 1.165) is 89.9 Å². The number of hydrogen-bond donors (Lipinski definition) is 0. The van der Waals surface area contributed by atoms with Crippen LogP contribution in [-0.4, -0.2) is 37.2 Å². The third-order valence-corrected chi connectivity index (χ3v) is 15.9. The highest BCUT2D eigenvalue weighted by Crippen LogP contribution is 2.17. The fourth-order valence-electron chi connectivity index (χ4n) is 10.5. The first-order valence-corrected chi connectivity index (χ1v) is 35.9. The Morgan fingerprint density at radius 3 is 0.707 bits per heavy atom. The molecule has 1 atom stereocenters. The van der Waals surface area contributed by atoms with E-state index in [4.69, 9.17) is 14.2 Å². The lowest BCUT2D eigenvalue weighted by atomic mass is 10.0. The second-order valence-corrected chi connectivity index (χ2v) is 24.1. The second kappa shape index (κ2) is 70.3. The van der Waals surface area contributed by atoms with Crippen LogP contribution >= 0.6 is 0 Å². The van der Waals surface area contributed by atoms with Gasteiger partial charge >= 0.3 is 17.9 Å². The van der Waals surface area contributed by atoms with Crippen LogP contribution < -0.4 is 0 Å². The van der Waals surface area contributed by atoms with Crippen molar-refractivity contribution in [2.75, 3.05) is 13.2 Å². The molecule has 0 saturated heterocycles. The molecule has 82 heavy (non-hydrogen) atoms. The van der Waals surface area contributed by atoms with Crippen molar-refractivity contribution in [3.8, 4) is 0 Å². The molecule has 1 unspecified atom stereocenters. The Kier molecular flexibility index (Phi) is 67.6. The first-order chi connectivity index (χ1) is 40.5. The third kappa shape index (κ3) is 67.6. The van der Waals surface area contributed by atoms with E-state index in [9.17, 15) is 14.4 Å². The number of ether oxygens (including phenoxy) is 3. The van der Waals surface area contributed by atoms with E-state index in [1.165, 1.54) is 244 Å². The zero-order valence-electron chi connectivity index (χ0n) is 54.8. The molecule has 0 aliphatic carbocycles. The van der Waals surface area contributed by atoms with E-state index >= 15 is 0 Å². The standard InChI is InChI=1S/C76H136O6/c1-4-7-10-13-16-19-22-25-27-29-31-32-33-34-35-36-37-38-39-40-41-42-43-44-45-47-48-51-54-57-60-63-66-69-75(78)81-72-73(71-80-74(77)68-65-62-59-56-53-50-24-21-18-15-12-9-6-3)82-76(79)70-67-64-61-58-55-52-49-46-30-28-26-23-20-17-14-11-8-5-2/h20-25,28-31,33-34,73H,4-19,26-27,32,35-72H2,1-3H3/b23-20-,24-21-,25-22-,30-28-,31-29-,34-33-. The number of unbranched alkanes of at least 4 members (excludes halogenated alkanes) is 43. The molecule has 476 valence electrons. The van der Waals surface area contributed by atoms with Crippen LogP contribution in [0.1, 0.15) is 374 Å². The minimum Gasteiger partial charge on any atom is -0.462 e. The van der Waals surface area contributed by atoms with Crippen LogP contribution in [0.15, 0.2) is 72.9 Å². The largest absolute Gasteiger partial charge is 0.462 e. The van der Waals surface area contributed by atoms with Gasteiger partial charge in [-0.25, -0.2) is 0 Å². The van der Waals surface area contributed by atoms with Crippen LogP contribution in [0.2, 0.25) is 0 Å². The number of rotatable bonds is 66. The summed E-state index contributed by atoms with van der Waals surface area (Å²) in [7, 11) is 0. The molecule has 6 heteroatoms. The highest BCUT2D eigenvalue weighted by molar-refractivity contribution is 5.71. The van der Waals surface area contributed by atoms with Gasteiger partial charge in [-0.1, -0.05) is 312 Å².